The summed E-state index contributed by atoms with van der Waals surface area (Å²) in [7, 11) is 0. The number of rotatable bonds is 5. The average Bonchev–Trinajstić information content (AvgIpc) is 2.84. The van der Waals surface area contributed by atoms with Crippen molar-refractivity contribution in [1.29, 1.82) is 0 Å². The van der Waals surface area contributed by atoms with Crippen LogP contribution in [0.2, 0.25) is 0 Å². The summed E-state index contributed by atoms with van der Waals surface area (Å²) < 4.78 is 19.3. The summed E-state index contributed by atoms with van der Waals surface area (Å²) >= 11 is 0. The number of carbonyl (C=O) groups is 1. The smallest absolute Gasteiger partial charge is 0.227 e. The summed E-state index contributed by atoms with van der Waals surface area (Å²) in [6, 6.07) is 4.78. The molecule has 0 atom stereocenters. The minimum Gasteiger partial charge on any atom is -0.396 e. The Hall–Kier alpha value is -1.66. The first-order valence-corrected chi connectivity index (χ1v) is 7.16. The highest BCUT2D eigenvalue weighted by Gasteiger charge is 2.37. The topological polar surface area (TPSA) is 61.8 Å². The Morgan fingerprint density at radius 3 is 2.76 bits per heavy atom. The molecule has 0 spiro atoms. The van der Waals surface area contributed by atoms with Crippen LogP contribution in [-0.2, 0) is 9.53 Å². The maximum atomic E-state index is 14.2. The van der Waals surface area contributed by atoms with Gasteiger partial charge in [0, 0.05) is 25.2 Å². The fraction of sp³-hybridized carbons (Fsp3) is 0.533. The Morgan fingerprint density at radius 1 is 1.43 bits per heavy atom. The highest BCUT2D eigenvalue weighted by molar-refractivity contribution is 5.95. The van der Waals surface area contributed by atoms with E-state index in [1.165, 1.54) is 11.0 Å². The van der Waals surface area contributed by atoms with E-state index in [9.17, 15) is 14.3 Å². The molecule has 2 aliphatic heterocycles. The summed E-state index contributed by atoms with van der Waals surface area (Å²) in [6.07, 6.45) is 1.26. The van der Waals surface area contributed by atoms with Crippen LogP contribution in [0.5, 0.6) is 0 Å². The molecule has 2 aliphatic rings. The van der Waals surface area contributed by atoms with E-state index in [1.807, 2.05) is 0 Å². The second-order valence-corrected chi connectivity index (χ2v) is 5.82. The molecule has 3 rings (SSSR count). The van der Waals surface area contributed by atoms with Gasteiger partial charge in [0.2, 0.25) is 5.91 Å². The average molecular weight is 294 g/mol. The molecule has 1 aromatic carbocycles. The number of carbonyl (C=O) groups excluding carboxylic acids is 1. The fourth-order valence-electron chi connectivity index (χ4n) is 2.67. The van der Waals surface area contributed by atoms with Crippen molar-refractivity contribution >= 4 is 17.3 Å². The van der Waals surface area contributed by atoms with Gasteiger partial charge in [-0.3, -0.25) is 4.79 Å². The van der Waals surface area contributed by atoms with Gasteiger partial charge in [0.15, 0.2) is 0 Å². The monoisotopic (exact) mass is 294 g/mol. The van der Waals surface area contributed by atoms with E-state index in [0.717, 1.165) is 6.42 Å². The molecule has 2 fully saturated rings. The van der Waals surface area contributed by atoms with Gasteiger partial charge in [0.25, 0.3) is 0 Å². The Labute approximate surface area is 122 Å². The summed E-state index contributed by atoms with van der Waals surface area (Å²) in [5.74, 6) is -0.432. The molecule has 0 aromatic heterocycles. The van der Waals surface area contributed by atoms with Gasteiger partial charge in [-0.15, -0.1) is 0 Å². The van der Waals surface area contributed by atoms with Crippen LogP contribution in [0, 0.1) is 11.2 Å². The molecule has 2 saturated heterocycles. The number of ether oxygens (including phenoxy) is 1. The van der Waals surface area contributed by atoms with Crippen LogP contribution >= 0.6 is 0 Å². The molecule has 0 unspecified atom stereocenters. The van der Waals surface area contributed by atoms with Gasteiger partial charge < -0.3 is 20.1 Å². The summed E-state index contributed by atoms with van der Waals surface area (Å²) in [4.78, 5) is 13.2. The number of aliphatic hydroxyl groups is 1. The van der Waals surface area contributed by atoms with Gasteiger partial charge in [0.1, 0.15) is 5.82 Å². The fourth-order valence-corrected chi connectivity index (χ4v) is 2.67. The van der Waals surface area contributed by atoms with Crippen molar-refractivity contribution in [2.24, 2.45) is 5.41 Å². The van der Waals surface area contributed by atoms with Crippen LogP contribution < -0.4 is 10.2 Å². The van der Waals surface area contributed by atoms with Gasteiger partial charge >= 0.3 is 0 Å². The normalized spacial score (nSPS) is 20.5. The lowest BCUT2D eigenvalue weighted by Gasteiger charge is -2.40. The summed E-state index contributed by atoms with van der Waals surface area (Å²) in [5, 5.41) is 12.5. The van der Waals surface area contributed by atoms with Gasteiger partial charge in [-0.05, 0) is 24.6 Å². The molecule has 1 aromatic rings. The molecule has 0 bridgehead atoms. The molecule has 21 heavy (non-hydrogen) atoms. The van der Waals surface area contributed by atoms with Crippen LogP contribution in [0.15, 0.2) is 18.2 Å². The molecule has 0 saturated carbocycles. The highest BCUT2D eigenvalue weighted by Crippen LogP contribution is 2.29. The van der Waals surface area contributed by atoms with Crippen molar-refractivity contribution in [3.05, 3.63) is 24.0 Å². The molecule has 114 valence electrons. The number of hydrogen-bond acceptors (Lipinski definition) is 4. The predicted molar refractivity (Wildman–Crippen MR) is 76.8 cm³/mol. The van der Waals surface area contributed by atoms with Crippen molar-refractivity contribution in [2.45, 2.75) is 12.8 Å². The lowest BCUT2D eigenvalue weighted by Crippen LogP contribution is -2.50. The Bertz CT molecular complexity index is 540. The standard InChI is InChI=1S/C15H19FN2O3/c16-12-6-11(17-7-15(8-19)9-21-10-15)3-4-13(12)18-5-1-2-14(18)20/h3-4,6,17,19H,1-2,5,7-10H2. The minimum atomic E-state index is -0.404. The molecule has 6 heteroatoms. The molecule has 2 heterocycles. The SMILES string of the molecule is O=C1CCCN1c1ccc(NCC2(CO)COC2)cc1F. The highest BCUT2D eigenvalue weighted by atomic mass is 19.1. The lowest BCUT2D eigenvalue weighted by atomic mass is 9.87. The molecular weight excluding hydrogens is 275 g/mol. The second-order valence-electron chi connectivity index (χ2n) is 5.82. The zero-order chi connectivity index (χ0) is 14.9. The molecule has 0 aliphatic carbocycles. The number of halogens is 1. The first kappa shape index (κ1) is 14.3. The molecule has 2 N–H and O–H groups in total. The molecule has 5 nitrogen and oxygen atoms in total. The van der Waals surface area contributed by atoms with Crippen LogP contribution in [0.1, 0.15) is 12.8 Å². The van der Waals surface area contributed by atoms with Crippen LogP contribution in [0.25, 0.3) is 0 Å². The Morgan fingerprint density at radius 2 is 2.24 bits per heavy atom. The molecule has 0 radical (unpaired) electrons. The van der Waals surface area contributed by atoms with E-state index in [1.54, 1.807) is 12.1 Å². The summed E-state index contributed by atoms with van der Waals surface area (Å²) in [5.41, 5.74) is 0.717. The number of amides is 1. The third-order valence-electron chi connectivity index (χ3n) is 4.13. The maximum Gasteiger partial charge on any atom is 0.227 e. The van der Waals surface area contributed by atoms with E-state index in [0.29, 0.717) is 44.1 Å². The van der Waals surface area contributed by atoms with Gasteiger partial charge in [-0.2, -0.15) is 0 Å². The number of anilines is 2. The zero-order valence-corrected chi connectivity index (χ0v) is 11.8. The van der Waals surface area contributed by atoms with Crippen LogP contribution in [0.3, 0.4) is 0 Å². The molecule has 1 amide bonds. The number of nitrogens with one attached hydrogen (secondary N) is 1. The quantitative estimate of drug-likeness (QED) is 0.861. The van der Waals surface area contributed by atoms with Gasteiger partial charge in [0.05, 0.1) is 30.9 Å². The van der Waals surface area contributed by atoms with E-state index in [4.69, 9.17) is 4.74 Å². The van der Waals surface area contributed by atoms with Crippen molar-refractivity contribution in [2.75, 3.05) is 43.1 Å². The Kier molecular flexibility index (Phi) is 3.82. The van der Waals surface area contributed by atoms with E-state index >= 15 is 0 Å². The van der Waals surface area contributed by atoms with Crippen molar-refractivity contribution < 1.29 is 19.0 Å². The summed E-state index contributed by atoms with van der Waals surface area (Å²) in [6.45, 7) is 2.18. The van der Waals surface area contributed by atoms with Gasteiger partial charge in [-0.25, -0.2) is 4.39 Å². The minimum absolute atomic E-state index is 0.0274. The van der Waals surface area contributed by atoms with E-state index in [-0.39, 0.29) is 17.9 Å². The largest absolute Gasteiger partial charge is 0.396 e. The van der Waals surface area contributed by atoms with Crippen LogP contribution in [-0.4, -0.2) is 43.9 Å². The number of aliphatic hydroxyl groups excluding tert-OH is 1. The number of hydrogen-bond donors (Lipinski definition) is 2. The third-order valence-corrected chi connectivity index (χ3v) is 4.13. The van der Waals surface area contributed by atoms with E-state index in [2.05, 4.69) is 5.32 Å². The van der Waals surface area contributed by atoms with Crippen LogP contribution in [0.4, 0.5) is 15.8 Å². The van der Waals surface area contributed by atoms with Crippen molar-refractivity contribution in [3.8, 4) is 0 Å². The first-order valence-electron chi connectivity index (χ1n) is 7.16. The second kappa shape index (κ2) is 5.61. The molecular formula is C15H19FN2O3. The predicted octanol–water partition coefficient (Wildman–Crippen LogP) is 1.37. The van der Waals surface area contributed by atoms with Crippen molar-refractivity contribution in [3.63, 3.8) is 0 Å². The Balaban J connectivity index is 1.68. The lowest BCUT2D eigenvalue weighted by molar-refractivity contribution is -0.128. The zero-order valence-electron chi connectivity index (χ0n) is 11.8. The number of benzene rings is 1. The van der Waals surface area contributed by atoms with Gasteiger partial charge in [-0.1, -0.05) is 0 Å². The first-order chi connectivity index (χ1) is 10.1. The van der Waals surface area contributed by atoms with E-state index < -0.39 is 5.82 Å². The number of nitrogens with zero attached hydrogens (tertiary/aromatic N) is 1. The maximum absolute atomic E-state index is 14.2. The van der Waals surface area contributed by atoms with Crippen molar-refractivity contribution in [1.82, 2.24) is 0 Å². The third kappa shape index (κ3) is 2.73.